The summed E-state index contributed by atoms with van der Waals surface area (Å²) in [6.07, 6.45) is 4.19. The lowest BCUT2D eigenvalue weighted by Gasteiger charge is -2.10. The summed E-state index contributed by atoms with van der Waals surface area (Å²) in [6, 6.07) is 1.92. The molecule has 0 aliphatic heterocycles. The first-order valence-electron chi connectivity index (χ1n) is 6.36. The van der Waals surface area contributed by atoms with Crippen molar-refractivity contribution in [3.05, 3.63) is 29.8 Å². The number of rotatable bonds is 4. The smallest absolute Gasteiger partial charge is 0.138 e. The van der Waals surface area contributed by atoms with E-state index in [1.54, 1.807) is 12.4 Å². The van der Waals surface area contributed by atoms with E-state index in [1.807, 2.05) is 26.8 Å². The fourth-order valence-corrected chi connectivity index (χ4v) is 1.82. The molecule has 0 bridgehead atoms. The number of nitrogens with two attached hydrogens (primary N) is 1. The molecule has 0 unspecified atom stereocenters. The van der Waals surface area contributed by atoms with Gasteiger partial charge in [0.15, 0.2) is 0 Å². The zero-order valence-corrected chi connectivity index (χ0v) is 11.5. The first-order chi connectivity index (χ1) is 9.15. The topological polar surface area (TPSA) is 73.9 Å². The van der Waals surface area contributed by atoms with Crippen LogP contribution in [0.3, 0.4) is 0 Å². The fourth-order valence-electron chi connectivity index (χ4n) is 1.82. The first-order valence-corrected chi connectivity index (χ1v) is 6.36. The van der Waals surface area contributed by atoms with Crippen molar-refractivity contribution < 1.29 is 4.74 Å². The van der Waals surface area contributed by atoms with Gasteiger partial charge in [0, 0.05) is 23.7 Å². The Bertz CT molecular complexity index is 584. The molecule has 0 radical (unpaired) electrons. The molecule has 0 atom stereocenters. The molecule has 0 aromatic carbocycles. The standard InChI is InChI=1S/C14H18N4O/c1-4-12-17-13(9(3)14(15)18-12)10-6-11(19-5-2)8-16-7-10/h6-8H,4-5H2,1-3H3,(H2,15,17,18). The Morgan fingerprint density at radius 2 is 2.00 bits per heavy atom. The number of nitrogens with zero attached hydrogens (tertiary/aromatic N) is 3. The quantitative estimate of drug-likeness (QED) is 0.911. The van der Waals surface area contributed by atoms with Gasteiger partial charge in [0.05, 0.1) is 18.5 Å². The molecule has 19 heavy (non-hydrogen) atoms. The van der Waals surface area contributed by atoms with E-state index >= 15 is 0 Å². The number of hydrogen-bond donors (Lipinski definition) is 1. The van der Waals surface area contributed by atoms with Crippen LogP contribution in [0.1, 0.15) is 25.2 Å². The Balaban J connectivity index is 2.51. The number of nitrogen functional groups attached to an aromatic ring is 1. The van der Waals surface area contributed by atoms with Gasteiger partial charge in [-0.15, -0.1) is 0 Å². The minimum Gasteiger partial charge on any atom is -0.492 e. The molecule has 0 spiro atoms. The predicted molar refractivity (Wildman–Crippen MR) is 75.0 cm³/mol. The molecule has 0 saturated heterocycles. The molecule has 2 aromatic rings. The fraction of sp³-hybridized carbons (Fsp3) is 0.357. The summed E-state index contributed by atoms with van der Waals surface area (Å²) >= 11 is 0. The Morgan fingerprint density at radius 3 is 2.68 bits per heavy atom. The average molecular weight is 258 g/mol. The second kappa shape index (κ2) is 5.65. The minimum absolute atomic E-state index is 0.517. The number of hydrogen-bond acceptors (Lipinski definition) is 5. The third-order valence-corrected chi connectivity index (χ3v) is 2.84. The van der Waals surface area contributed by atoms with Crippen LogP contribution < -0.4 is 10.5 Å². The average Bonchev–Trinajstić information content (AvgIpc) is 2.42. The largest absolute Gasteiger partial charge is 0.492 e. The van der Waals surface area contributed by atoms with Crippen molar-refractivity contribution in [1.29, 1.82) is 0 Å². The second-order valence-corrected chi connectivity index (χ2v) is 4.19. The van der Waals surface area contributed by atoms with Crippen LogP contribution in [0.25, 0.3) is 11.3 Å². The lowest BCUT2D eigenvalue weighted by Crippen LogP contribution is -2.04. The van der Waals surface area contributed by atoms with Crippen molar-refractivity contribution in [2.75, 3.05) is 12.3 Å². The maximum atomic E-state index is 5.93. The third-order valence-electron chi connectivity index (χ3n) is 2.84. The molecule has 0 aliphatic rings. The van der Waals surface area contributed by atoms with E-state index in [-0.39, 0.29) is 0 Å². The summed E-state index contributed by atoms with van der Waals surface area (Å²) in [5.74, 6) is 1.98. The molecule has 2 N–H and O–H groups in total. The van der Waals surface area contributed by atoms with E-state index in [1.165, 1.54) is 0 Å². The lowest BCUT2D eigenvalue weighted by molar-refractivity contribution is 0.339. The van der Waals surface area contributed by atoms with Gasteiger partial charge in [0.2, 0.25) is 0 Å². The number of aromatic nitrogens is 3. The van der Waals surface area contributed by atoms with Crippen LogP contribution >= 0.6 is 0 Å². The molecule has 0 amide bonds. The summed E-state index contributed by atoms with van der Waals surface area (Å²) in [6.45, 7) is 6.46. The maximum absolute atomic E-state index is 5.93. The van der Waals surface area contributed by atoms with Gasteiger partial charge in [-0.05, 0) is 19.9 Å². The molecule has 0 fully saturated rings. The van der Waals surface area contributed by atoms with Crippen molar-refractivity contribution in [1.82, 2.24) is 15.0 Å². The van der Waals surface area contributed by atoms with Crippen LogP contribution in [0.5, 0.6) is 5.75 Å². The first kappa shape index (κ1) is 13.3. The lowest BCUT2D eigenvalue weighted by atomic mass is 10.1. The number of aryl methyl sites for hydroxylation is 1. The molecule has 5 heteroatoms. The molecule has 2 rings (SSSR count). The molecule has 0 aliphatic carbocycles. The van der Waals surface area contributed by atoms with Crippen molar-refractivity contribution in [2.24, 2.45) is 0 Å². The van der Waals surface area contributed by atoms with E-state index in [4.69, 9.17) is 10.5 Å². The Labute approximate surface area is 112 Å². The number of ether oxygens (including phenoxy) is 1. The summed E-state index contributed by atoms with van der Waals surface area (Å²) in [5, 5.41) is 0. The molecule has 2 aromatic heterocycles. The highest BCUT2D eigenvalue weighted by atomic mass is 16.5. The van der Waals surface area contributed by atoms with E-state index in [0.717, 1.165) is 34.8 Å². The zero-order valence-electron chi connectivity index (χ0n) is 11.5. The maximum Gasteiger partial charge on any atom is 0.138 e. The molecule has 5 nitrogen and oxygen atoms in total. The SMILES string of the molecule is CCOc1cncc(-c2nc(CC)nc(N)c2C)c1. The van der Waals surface area contributed by atoms with Crippen LogP contribution in [-0.4, -0.2) is 21.6 Å². The van der Waals surface area contributed by atoms with Crippen molar-refractivity contribution in [3.8, 4) is 17.0 Å². The zero-order chi connectivity index (χ0) is 13.8. The van der Waals surface area contributed by atoms with Gasteiger partial charge in [0.1, 0.15) is 17.4 Å². The third kappa shape index (κ3) is 2.81. The summed E-state index contributed by atoms with van der Waals surface area (Å²) < 4.78 is 5.46. The predicted octanol–water partition coefficient (Wildman–Crippen LogP) is 2.39. The van der Waals surface area contributed by atoms with Gasteiger partial charge in [-0.1, -0.05) is 6.92 Å². The molecule has 100 valence electrons. The molecule has 2 heterocycles. The highest BCUT2D eigenvalue weighted by Crippen LogP contribution is 2.26. The van der Waals surface area contributed by atoms with Gasteiger partial charge in [-0.2, -0.15) is 0 Å². The Hall–Kier alpha value is -2.17. The van der Waals surface area contributed by atoms with Gasteiger partial charge in [0.25, 0.3) is 0 Å². The van der Waals surface area contributed by atoms with Crippen LogP contribution in [0.15, 0.2) is 18.5 Å². The second-order valence-electron chi connectivity index (χ2n) is 4.19. The van der Waals surface area contributed by atoms with E-state index in [0.29, 0.717) is 12.4 Å². The van der Waals surface area contributed by atoms with Crippen LogP contribution in [0.2, 0.25) is 0 Å². The molecule has 0 saturated carbocycles. The van der Waals surface area contributed by atoms with Gasteiger partial charge < -0.3 is 10.5 Å². The Kier molecular flexibility index (Phi) is 3.94. The number of pyridine rings is 1. The van der Waals surface area contributed by atoms with Gasteiger partial charge in [-0.25, -0.2) is 9.97 Å². The summed E-state index contributed by atoms with van der Waals surface area (Å²) in [4.78, 5) is 13.0. The van der Waals surface area contributed by atoms with Crippen molar-refractivity contribution in [3.63, 3.8) is 0 Å². The van der Waals surface area contributed by atoms with Crippen LogP contribution in [0.4, 0.5) is 5.82 Å². The highest BCUT2D eigenvalue weighted by molar-refractivity contribution is 5.67. The van der Waals surface area contributed by atoms with E-state index in [2.05, 4.69) is 15.0 Å². The molecular formula is C14H18N4O. The van der Waals surface area contributed by atoms with Crippen molar-refractivity contribution >= 4 is 5.82 Å². The normalized spacial score (nSPS) is 10.5. The minimum atomic E-state index is 0.517. The van der Waals surface area contributed by atoms with E-state index < -0.39 is 0 Å². The summed E-state index contributed by atoms with van der Waals surface area (Å²) in [5.41, 5.74) is 8.51. The van der Waals surface area contributed by atoms with Crippen LogP contribution in [0, 0.1) is 6.92 Å². The van der Waals surface area contributed by atoms with E-state index in [9.17, 15) is 0 Å². The monoisotopic (exact) mass is 258 g/mol. The highest BCUT2D eigenvalue weighted by Gasteiger charge is 2.11. The number of anilines is 1. The van der Waals surface area contributed by atoms with Gasteiger partial charge in [-0.3, -0.25) is 4.98 Å². The van der Waals surface area contributed by atoms with Crippen LogP contribution in [-0.2, 0) is 6.42 Å². The Morgan fingerprint density at radius 1 is 1.21 bits per heavy atom. The molecular weight excluding hydrogens is 240 g/mol. The van der Waals surface area contributed by atoms with Crippen molar-refractivity contribution in [2.45, 2.75) is 27.2 Å². The summed E-state index contributed by atoms with van der Waals surface area (Å²) in [7, 11) is 0. The van der Waals surface area contributed by atoms with Gasteiger partial charge >= 0.3 is 0 Å².